The topological polar surface area (TPSA) is 64.7 Å². The fraction of sp³-hybridized carbons (Fsp3) is 0.500. The summed E-state index contributed by atoms with van der Waals surface area (Å²) < 4.78 is 23.4. The normalized spacial score (nSPS) is 14.4. The van der Waals surface area contributed by atoms with E-state index in [9.17, 15) is 9.50 Å². The van der Waals surface area contributed by atoms with E-state index in [4.69, 9.17) is 15.2 Å². The maximum absolute atomic E-state index is 13.6. The Labute approximate surface area is 100 Å². The quantitative estimate of drug-likeness (QED) is 0.788. The smallest absolute Gasteiger partial charge is 0.165 e. The average Bonchev–Trinajstić information content (AvgIpc) is 2.27. The second-order valence-electron chi connectivity index (χ2n) is 3.90. The first kappa shape index (κ1) is 13.9. The predicted octanol–water partition coefficient (Wildman–Crippen LogP) is 1.23. The molecule has 0 aromatic heterocycles. The van der Waals surface area contributed by atoms with Gasteiger partial charge in [0, 0.05) is 13.2 Å². The molecule has 1 aromatic rings. The van der Waals surface area contributed by atoms with Crippen molar-refractivity contribution >= 4 is 0 Å². The van der Waals surface area contributed by atoms with Crippen molar-refractivity contribution in [2.45, 2.75) is 19.1 Å². The molecule has 5 heteroatoms. The molecule has 2 atom stereocenters. The van der Waals surface area contributed by atoms with Crippen molar-refractivity contribution in [3.05, 3.63) is 29.6 Å². The Morgan fingerprint density at radius 3 is 2.65 bits per heavy atom. The molecule has 0 radical (unpaired) electrons. The molecule has 3 N–H and O–H groups in total. The van der Waals surface area contributed by atoms with Gasteiger partial charge < -0.3 is 20.3 Å². The predicted molar refractivity (Wildman–Crippen MR) is 62.4 cm³/mol. The zero-order valence-electron chi connectivity index (χ0n) is 10.0. The van der Waals surface area contributed by atoms with Crippen LogP contribution in [0.1, 0.15) is 18.5 Å². The Bertz CT molecular complexity index is 358. The highest BCUT2D eigenvalue weighted by atomic mass is 19.1. The second kappa shape index (κ2) is 6.54. The summed E-state index contributed by atoms with van der Waals surface area (Å²) in [7, 11) is 1.47. The first-order valence-corrected chi connectivity index (χ1v) is 5.39. The number of aliphatic hydroxyl groups excluding tert-OH is 1. The first-order valence-electron chi connectivity index (χ1n) is 5.39. The first-order chi connectivity index (χ1) is 8.04. The van der Waals surface area contributed by atoms with Crippen LogP contribution in [-0.2, 0) is 4.74 Å². The third-order valence-electron chi connectivity index (χ3n) is 2.27. The number of hydrogen-bond donors (Lipinski definition) is 2. The summed E-state index contributed by atoms with van der Waals surface area (Å²) in [5.41, 5.74) is 6.33. The molecule has 17 heavy (non-hydrogen) atoms. The Kier molecular flexibility index (Phi) is 5.34. The summed E-state index contributed by atoms with van der Waals surface area (Å²) in [5.74, 6) is -0.381. The zero-order valence-corrected chi connectivity index (χ0v) is 10.0. The van der Waals surface area contributed by atoms with Crippen molar-refractivity contribution in [2.24, 2.45) is 5.73 Å². The molecule has 1 rings (SSSR count). The van der Waals surface area contributed by atoms with Gasteiger partial charge in [0.1, 0.15) is 12.7 Å². The van der Waals surface area contributed by atoms with Gasteiger partial charge in [-0.2, -0.15) is 0 Å². The van der Waals surface area contributed by atoms with Crippen LogP contribution in [0, 0.1) is 5.82 Å². The largest absolute Gasteiger partial charge is 0.488 e. The second-order valence-corrected chi connectivity index (χ2v) is 3.90. The van der Waals surface area contributed by atoms with Gasteiger partial charge in [-0.1, -0.05) is 6.07 Å². The van der Waals surface area contributed by atoms with E-state index in [1.165, 1.54) is 19.2 Å². The lowest BCUT2D eigenvalue weighted by Crippen LogP contribution is -2.22. The van der Waals surface area contributed by atoms with Gasteiger partial charge in [0.25, 0.3) is 0 Å². The van der Waals surface area contributed by atoms with Crippen LogP contribution in [0.5, 0.6) is 5.75 Å². The lowest BCUT2D eigenvalue weighted by Gasteiger charge is -2.13. The molecular formula is C12H18FNO3. The van der Waals surface area contributed by atoms with Gasteiger partial charge in [-0.25, -0.2) is 4.39 Å². The highest BCUT2D eigenvalue weighted by Crippen LogP contribution is 2.21. The van der Waals surface area contributed by atoms with Crippen LogP contribution in [0.25, 0.3) is 0 Å². The van der Waals surface area contributed by atoms with E-state index in [0.717, 1.165) is 0 Å². The molecule has 2 unspecified atom stereocenters. The molecule has 0 bridgehead atoms. The molecule has 1 aromatic carbocycles. The Morgan fingerprint density at radius 2 is 2.12 bits per heavy atom. The van der Waals surface area contributed by atoms with Crippen molar-refractivity contribution in [3.8, 4) is 5.75 Å². The molecule has 0 spiro atoms. The van der Waals surface area contributed by atoms with Crippen molar-refractivity contribution in [3.63, 3.8) is 0 Å². The van der Waals surface area contributed by atoms with Gasteiger partial charge in [-0.05, 0) is 24.6 Å². The van der Waals surface area contributed by atoms with E-state index in [1.54, 1.807) is 13.0 Å². The molecule has 0 fully saturated rings. The van der Waals surface area contributed by atoms with Gasteiger partial charge in [-0.3, -0.25) is 0 Å². The molecular weight excluding hydrogens is 225 g/mol. The summed E-state index contributed by atoms with van der Waals surface area (Å²) in [6, 6.07) is 4.32. The Hall–Kier alpha value is -1.17. The van der Waals surface area contributed by atoms with Crippen LogP contribution in [0.2, 0.25) is 0 Å². The van der Waals surface area contributed by atoms with Crippen molar-refractivity contribution in [1.29, 1.82) is 0 Å². The number of rotatable bonds is 6. The van der Waals surface area contributed by atoms with Crippen molar-refractivity contribution in [1.82, 2.24) is 0 Å². The Balaban J connectivity index is 2.60. The van der Waals surface area contributed by atoms with Crippen molar-refractivity contribution < 1.29 is 19.0 Å². The summed E-state index contributed by atoms with van der Waals surface area (Å²) in [5, 5.41) is 9.35. The third kappa shape index (κ3) is 4.30. The van der Waals surface area contributed by atoms with E-state index in [1.807, 2.05) is 0 Å². The fourth-order valence-electron chi connectivity index (χ4n) is 1.34. The molecule has 4 nitrogen and oxygen atoms in total. The minimum Gasteiger partial charge on any atom is -0.488 e. The SMILES string of the molecule is COCC(O)COc1ccc(C(C)N)cc1F. The van der Waals surface area contributed by atoms with Crippen LogP contribution in [-0.4, -0.2) is 31.5 Å². The summed E-state index contributed by atoms with van der Waals surface area (Å²) in [4.78, 5) is 0. The fourth-order valence-corrected chi connectivity index (χ4v) is 1.34. The number of halogens is 1. The van der Waals surface area contributed by atoms with E-state index in [0.29, 0.717) is 5.56 Å². The standard InChI is InChI=1S/C12H18FNO3/c1-8(14)9-3-4-12(11(13)5-9)17-7-10(15)6-16-2/h3-5,8,10,15H,6-7,14H2,1-2H3. The van der Waals surface area contributed by atoms with E-state index in [-0.39, 0.29) is 25.0 Å². The molecule has 0 heterocycles. The minimum atomic E-state index is -0.771. The molecule has 0 saturated heterocycles. The van der Waals surface area contributed by atoms with Crippen molar-refractivity contribution in [2.75, 3.05) is 20.3 Å². The number of methoxy groups -OCH3 is 1. The van der Waals surface area contributed by atoms with Crippen LogP contribution in [0.15, 0.2) is 18.2 Å². The zero-order chi connectivity index (χ0) is 12.8. The molecule has 0 aliphatic carbocycles. The number of nitrogens with two attached hydrogens (primary N) is 1. The highest BCUT2D eigenvalue weighted by molar-refractivity contribution is 5.30. The highest BCUT2D eigenvalue weighted by Gasteiger charge is 2.09. The van der Waals surface area contributed by atoms with Crippen LogP contribution < -0.4 is 10.5 Å². The molecule has 96 valence electrons. The van der Waals surface area contributed by atoms with Gasteiger partial charge in [-0.15, -0.1) is 0 Å². The van der Waals surface area contributed by atoms with Gasteiger partial charge in [0.2, 0.25) is 0 Å². The summed E-state index contributed by atoms with van der Waals surface area (Å²) in [6.07, 6.45) is -0.771. The molecule has 0 aliphatic heterocycles. The number of aliphatic hydroxyl groups is 1. The Morgan fingerprint density at radius 1 is 1.41 bits per heavy atom. The summed E-state index contributed by atoms with van der Waals surface area (Å²) in [6.45, 7) is 1.92. The maximum atomic E-state index is 13.6. The number of hydrogen-bond acceptors (Lipinski definition) is 4. The average molecular weight is 243 g/mol. The maximum Gasteiger partial charge on any atom is 0.165 e. The van der Waals surface area contributed by atoms with Crippen LogP contribution in [0.4, 0.5) is 4.39 Å². The third-order valence-corrected chi connectivity index (χ3v) is 2.27. The molecule has 0 amide bonds. The van der Waals surface area contributed by atoms with E-state index < -0.39 is 11.9 Å². The monoisotopic (exact) mass is 243 g/mol. The van der Waals surface area contributed by atoms with Gasteiger partial charge >= 0.3 is 0 Å². The van der Waals surface area contributed by atoms with Gasteiger partial charge in [0.15, 0.2) is 11.6 Å². The van der Waals surface area contributed by atoms with E-state index in [2.05, 4.69) is 0 Å². The number of benzene rings is 1. The van der Waals surface area contributed by atoms with Crippen LogP contribution in [0.3, 0.4) is 0 Å². The van der Waals surface area contributed by atoms with Crippen LogP contribution >= 0.6 is 0 Å². The van der Waals surface area contributed by atoms with E-state index >= 15 is 0 Å². The lowest BCUT2D eigenvalue weighted by molar-refractivity contribution is 0.0316. The van der Waals surface area contributed by atoms with Gasteiger partial charge in [0.05, 0.1) is 6.61 Å². The molecule has 0 aliphatic rings. The summed E-state index contributed by atoms with van der Waals surface area (Å²) >= 11 is 0. The molecule has 0 saturated carbocycles. The minimum absolute atomic E-state index is 0.0116. The number of ether oxygens (including phenoxy) is 2. The lowest BCUT2D eigenvalue weighted by atomic mass is 10.1.